The predicted octanol–water partition coefficient (Wildman–Crippen LogP) is -0.100. The summed E-state index contributed by atoms with van der Waals surface area (Å²) in [7, 11) is -0.307. The summed E-state index contributed by atoms with van der Waals surface area (Å²) < 4.78 is 27.1. The van der Waals surface area contributed by atoms with Gasteiger partial charge in [-0.15, -0.1) is 0 Å². The van der Waals surface area contributed by atoms with Crippen LogP contribution in [0.1, 0.15) is 25.7 Å². The Kier molecular flexibility index (Phi) is 4.51. The van der Waals surface area contributed by atoms with E-state index in [1.54, 1.807) is 0 Å². The highest BCUT2D eigenvalue weighted by Gasteiger charge is 2.28. The monoisotopic (exact) mass is 235 g/mol. The van der Waals surface area contributed by atoms with Crippen molar-refractivity contribution in [3.8, 4) is 0 Å². The average Bonchev–Trinajstić information content (AvgIpc) is 2.66. The number of nitrogens with zero attached hydrogens (tertiary/aromatic N) is 1. The smallest absolute Gasteiger partial charge is 0.279 e. The van der Waals surface area contributed by atoms with Gasteiger partial charge in [-0.05, 0) is 18.8 Å². The van der Waals surface area contributed by atoms with E-state index in [1.165, 1.54) is 31.2 Å². The molecule has 0 radical (unpaired) electrons. The molecule has 0 heterocycles. The van der Waals surface area contributed by atoms with Gasteiger partial charge in [0, 0.05) is 26.7 Å². The normalized spacial score (nSPS) is 21.1. The Labute approximate surface area is 92.2 Å². The molecule has 0 bridgehead atoms. The van der Waals surface area contributed by atoms with Crippen LogP contribution >= 0.6 is 0 Å². The van der Waals surface area contributed by atoms with Gasteiger partial charge in [-0.1, -0.05) is 12.8 Å². The quantitative estimate of drug-likeness (QED) is 0.698. The molecule has 0 aliphatic heterocycles. The van der Waals surface area contributed by atoms with Crippen molar-refractivity contribution in [3.63, 3.8) is 0 Å². The molecule has 90 valence electrons. The second-order valence-corrected chi connectivity index (χ2v) is 6.21. The van der Waals surface area contributed by atoms with Gasteiger partial charge in [-0.2, -0.15) is 17.4 Å². The zero-order chi connectivity index (χ0) is 11.5. The van der Waals surface area contributed by atoms with Gasteiger partial charge in [0.05, 0.1) is 0 Å². The summed E-state index contributed by atoms with van der Waals surface area (Å²) in [5.74, 6) is 0.407. The lowest BCUT2D eigenvalue weighted by atomic mass is 9.99. The van der Waals surface area contributed by atoms with Crippen LogP contribution in [0.15, 0.2) is 0 Å². The lowest BCUT2D eigenvalue weighted by Gasteiger charge is -2.24. The average molecular weight is 235 g/mol. The minimum Gasteiger partial charge on any atom is -0.329 e. The summed E-state index contributed by atoms with van der Waals surface area (Å²) in [6, 6.07) is -0.111. The first-order chi connectivity index (χ1) is 6.97. The number of hydrogen-bond acceptors (Lipinski definition) is 3. The Morgan fingerprint density at radius 3 is 2.33 bits per heavy atom. The highest BCUT2D eigenvalue weighted by Crippen LogP contribution is 2.27. The summed E-state index contributed by atoms with van der Waals surface area (Å²) in [6.07, 6.45) is 4.53. The van der Waals surface area contributed by atoms with Crippen LogP contribution in [0.4, 0.5) is 0 Å². The molecule has 0 saturated heterocycles. The first kappa shape index (κ1) is 12.9. The predicted molar refractivity (Wildman–Crippen MR) is 60.5 cm³/mol. The molecule has 0 aromatic carbocycles. The second kappa shape index (κ2) is 5.25. The van der Waals surface area contributed by atoms with E-state index in [-0.39, 0.29) is 6.04 Å². The van der Waals surface area contributed by atoms with Crippen LogP contribution in [0.3, 0.4) is 0 Å². The first-order valence-electron chi connectivity index (χ1n) is 5.37. The number of hydrogen-bond donors (Lipinski definition) is 2. The van der Waals surface area contributed by atoms with Crippen LogP contribution in [0.5, 0.6) is 0 Å². The highest BCUT2D eigenvalue weighted by atomic mass is 32.2. The summed E-state index contributed by atoms with van der Waals surface area (Å²) in [5, 5.41) is 0. The number of rotatable bonds is 5. The Morgan fingerprint density at radius 2 is 1.93 bits per heavy atom. The van der Waals surface area contributed by atoms with Crippen molar-refractivity contribution in [3.05, 3.63) is 0 Å². The summed E-state index contributed by atoms with van der Waals surface area (Å²) >= 11 is 0. The molecule has 1 fully saturated rings. The summed E-state index contributed by atoms with van der Waals surface area (Å²) in [6.45, 7) is 0.373. The zero-order valence-electron chi connectivity index (χ0n) is 9.44. The fourth-order valence-electron chi connectivity index (χ4n) is 1.99. The number of nitrogens with two attached hydrogens (primary N) is 1. The summed E-state index contributed by atoms with van der Waals surface area (Å²) in [5.41, 5.74) is 5.61. The maximum atomic E-state index is 11.6. The SMILES string of the molecule is CN(C)S(=O)(=O)NC(CN)C1CCCC1. The van der Waals surface area contributed by atoms with E-state index in [0.29, 0.717) is 12.5 Å². The molecule has 0 aromatic heterocycles. The third-order valence-electron chi connectivity index (χ3n) is 3.00. The minimum absolute atomic E-state index is 0.111. The van der Waals surface area contributed by atoms with Crippen molar-refractivity contribution in [2.75, 3.05) is 20.6 Å². The Hall–Kier alpha value is -0.170. The molecule has 0 spiro atoms. The molecule has 3 N–H and O–H groups in total. The second-order valence-electron chi connectivity index (χ2n) is 4.29. The maximum Gasteiger partial charge on any atom is 0.279 e. The topological polar surface area (TPSA) is 75.4 Å². The molecule has 1 unspecified atom stereocenters. The Bertz CT molecular complexity index is 284. The first-order valence-corrected chi connectivity index (χ1v) is 6.81. The van der Waals surface area contributed by atoms with Gasteiger partial charge < -0.3 is 5.73 Å². The van der Waals surface area contributed by atoms with Gasteiger partial charge >= 0.3 is 0 Å². The van der Waals surface area contributed by atoms with E-state index in [4.69, 9.17) is 5.73 Å². The van der Waals surface area contributed by atoms with Crippen molar-refractivity contribution < 1.29 is 8.42 Å². The third kappa shape index (κ3) is 3.41. The molecule has 1 atom stereocenters. The van der Waals surface area contributed by atoms with E-state index < -0.39 is 10.2 Å². The standard InChI is InChI=1S/C9H21N3O2S/c1-12(2)15(13,14)11-9(7-10)8-5-3-4-6-8/h8-9,11H,3-7,10H2,1-2H3. The Balaban J connectivity index is 2.60. The van der Waals surface area contributed by atoms with Gasteiger partial charge in [-0.25, -0.2) is 0 Å². The third-order valence-corrected chi connectivity index (χ3v) is 4.57. The lowest BCUT2D eigenvalue weighted by molar-refractivity contribution is 0.393. The molecule has 1 rings (SSSR count). The molecule has 1 aliphatic carbocycles. The van der Waals surface area contributed by atoms with Crippen molar-refractivity contribution in [1.29, 1.82) is 0 Å². The molecule has 0 aromatic rings. The van der Waals surface area contributed by atoms with Crippen LogP contribution in [-0.2, 0) is 10.2 Å². The van der Waals surface area contributed by atoms with Crippen molar-refractivity contribution in [2.24, 2.45) is 11.7 Å². The Morgan fingerprint density at radius 1 is 1.40 bits per heavy atom. The van der Waals surface area contributed by atoms with E-state index in [2.05, 4.69) is 4.72 Å². The van der Waals surface area contributed by atoms with Crippen molar-refractivity contribution in [1.82, 2.24) is 9.03 Å². The van der Waals surface area contributed by atoms with Crippen molar-refractivity contribution in [2.45, 2.75) is 31.7 Å². The maximum absolute atomic E-state index is 11.6. The fourth-order valence-corrected chi connectivity index (χ4v) is 2.88. The van der Waals surface area contributed by atoms with E-state index in [9.17, 15) is 8.42 Å². The van der Waals surface area contributed by atoms with E-state index in [1.807, 2.05) is 0 Å². The van der Waals surface area contributed by atoms with Crippen molar-refractivity contribution >= 4 is 10.2 Å². The molecule has 1 aliphatic rings. The van der Waals surface area contributed by atoms with Crippen LogP contribution in [0.25, 0.3) is 0 Å². The lowest BCUT2D eigenvalue weighted by Crippen LogP contribution is -2.48. The molecule has 15 heavy (non-hydrogen) atoms. The molecule has 6 heteroatoms. The largest absolute Gasteiger partial charge is 0.329 e. The van der Waals surface area contributed by atoms with Crippen LogP contribution < -0.4 is 10.5 Å². The van der Waals surface area contributed by atoms with Gasteiger partial charge in [0.25, 0.3) is 10.2 Å². The minimum atomic E-state index is -3.34. The van der Waals surface area contributed by atoms with Gasteiger partial charge in [0.1, 0.15) is 0 Å². The van der Waals surface area contributed by atoms with Crippen LogP contribution in [0, 0.1) is 5.92 Å². The van der Waals surface area contributed by atoms with Crippen LogP contribution in [-0.4, -0.2) is 39.4 Å². The molecular weight excluding hydrogens is 214 g/mol. The molecule has 1 saturated carbocycles. The van der Waals surface area contributed by atoms with E-state index >= 15 is 0 Å². The zero-order valence-corrected chi connectivity index (χ0v) is 10.3. The highest BCUT2D eigenvalue weighted by molar-refractivity contribution is 7.87. The van der Waals surface area contributed by atoms with Gasteiger partial charge in [0.15, 0.2) is 0 Å². The fraction of sp³-hybridized carbons (Fsp3) is 1.00. The van der Waals surface area contributed by atoms with Gasteiger partial charge in [-0.3, -0.25) is 0 Å². The molecular formula is C9H21N3O2S. The summed E-state index contributed by atoms with van der Waals surface area (Å²) in [4.78, 5) is 0. The van der Waals surface area contributed by atoms with E-state index in [0.717, 1.165) is 12.8 Å². The molecule has 5 nitrogen and oxygen atoms in total. The number of nitrogens with one attached hydrogen (secondary N) is 1. The van der Waals surface area contributed by atoms with Crippen LogP contribution in [0.2, 0.25) is 0 Å². The molecule has 0 amide bonds. The van der Waals surface area contributed by atoms with Gasteiger partial charge in [0.2, 0.25) is 0 Å².